The number of aromatic nitrogens is 5. The molecule has 11 heteroatoms. The van der Waals surface area contributed by atoms with E-state index >= 15 is 0 Å². The van der Waals surface area contributed by atoms with Gasteiger partial charge in [0.1, 0.15) is 29.4 Å². The maximum absolute atomic E-state index is 13.0. The first-order valence-electron chi connectivity index (χ1n) is 11.8. The van der Waals surface area contributed by atoms with Crippen molar-refractivity contribution in [3.8, 4) is 11.3 Å². The summed E-state index contributed by atoms with van der Waals surface area (Å²) in [5.74, 6) is -0.674. The molecule has 5 rings (SSSR count). The van der Waals surface area contributed by atoms with E-state index in [4.69, 9.17) is 10.8 Å². The average Bonchev–Trinajstić information content (AvgIpc) is 3.33. The summed E-state index contributed by atoms with van der Waals surface area (Å²) in [6, 6.07) is 10.0. The molecule has 188 valence electrons. The number of hydrogen-bond acceptors (Lipinski definition) is 7. The maximum atomic E-state index is 13.0. The highest BCUT2D eigenvalue weighted by Gasteiger charge is 2.28. The van der Waals surface area contributed by atoms with Gasteiger partial charge in [0.05, 0.1) is 17.6 Å². The monoisotopic (exact) mass is 500 g/mol. The van der Waals surface area contributed by atoms with Crippen LogP contribution in [0.2, 0.25) is 0 Å². The highest BCUT2D eigenvalue weighted by atomic mass is 19.1. The minimum absolute atomic E-state index is 0.0576. The van der Waals surface area contributed by atoms with Gasteiger partial charge in [0, 0.05) is 25.2 Å². The Morgan fingerprint density at radius 3 is 2.70 bits per heavy atom. The van der Waals surface area contributed by atoms with Crippen LogP contribution in [0.25, 0.3) is 22.3 Å². The maximum Gasteiger partial charge on any atom is 0.270 e. The Bertz CT molecular complexity index is 1470. The number of nitrogen functional groups attached to an aromatic ring is 1. The Labute approximate surface area is 212 Å². The van der Waals surface area contributed by atoms with E-state index < -0.39 is 11.7 Å². The highest BCUT2D eigenvalue weighted by Crippen LogP contribution is 2.33. The number of carbonyl (C=O) groups excluding carboxylic acids is 2. The van der Waals surface area contributed by atoms with E-state index in [0.717, 1.165) is 30.2 Å². The number of hydrogen-bond donors (Lipinski definition) is 2. The van der Waals surface area contributed by atoms with Gasteiger partial charge >= 0.3 is 0 Å². The Morgan fingerprint density at radius 2 is 1.97 bits per heavy atom. The molecular formula is C26H25FN8O2. The zero-order valence-corrected chi connectivity index (χ0v) is 20.0. The number of halogens is 1. The smallest absolute Gasteiger partial charge is 0.270 e. The summed E-state index contributed by atoms with van der Waals surface area (Å²) in [7, 11) is 0. The van der Waals surface area contributed by atoms with Crippen LogP contribution in [0.15, 0.2) is 61.6 Å². The number of carbonyl (C=O) groups is 2. The average molecular weight is 501 g/mol. The van der Waals surface area contributed by atoms with Gasteiger partial charge in [-0.3, -0.25) is 9.59 Å². The number of benzene rings is 1. The lowest BCUT2D eigenvalue weighted by atomic mass is 10.1. The summed E-state index contributed by atoms with van der Waals surface area (Å²) in [4.78, 5) is 38.7. The van der Waals surface area contributed by atoms with Crippen LogP contribution in [-0.2, 0) is 11.3 Å². The second-order valence-electron chi connectivity index (χ2n) is 8.78. The first-order chi connectivity index (χ1) is 17.9. The SMILES string of the molecule is C=CC(=O)N1CCCC(n2nc(-c3ccc(CNC(=O)c4ccc(F)cn4)cc3)c3c(N)ncnc32)C1. The van der Waals surface area contributed by atoms with Crippen molar-refractivity contribution in [2.75, 3.05) is 18.8 Å². The first kappa shape index (κ1) is 24.0. The molecule has 0 bridgehead atoms. The normalized spacial score (nSPS) is 15.5. The molecule has 10 nitrogen and oxygen atoms in total. The van der Waals surface area contributed by atoms with Gasteiger partial charge in [-0.1, -0.05) is 30.8 Å². The third-order valence-corrected chi connectivity index (χ3v) is 6.39. The van der Waals surface area contributed by atoms with Gasteiger partial charge in [0.15, 0.2) is 5.65 Å². The molecule has 1 aliphatic rings. The molecule has 4 heterocycles. The van der Waals surface area contributed by atoms with E-state index in [-0.39, 0.29) is 24.2 Å². The number of anilines is 1. The van der Waals surface area contributed by atoms with E-state index in [2.05, 4.69) is 26.8 Å². The molecule has 1 aromatic carbocycles. The summed E-state index contributed by atoms with van der Waals surface area (Å²) < 4.78 is 14.9. The third-order valence-electron chi connectivity index (χ3n) is 6.39. The largest absolute Gasteiger partial charge is 0.383 e. The second kappa shape index (κ2) is 10.1. The molecule has 0 spiro atoms. The van der Waals surface area contributed by atoms with Crippen LogP contribution in [0.3, 0.4) is 0 Å². The standard InChI is InChI=1S/C26H25FN8O2/c1-2-21(36)34-11-3-4-19(14-34)35-25-22(24(28)31-15-32-25)23(33-35)17-7-5-16(6-8-17)12-30-26(37)20-10-9-18(27)13-29-20/h2,5-10,13,15,19H,1,3-4,11-12,14H2,(H,30,37)(H2,28,31,32). The first-order valence-corrected chi connectivity index (χ1v) is 11.8. The van der Waals surface area contributed by atoms with Crippen molar-refractivity contribution in [2.24, 2.45) is 0 Å². The summed E-state index contributed by atoms with van der Waals surface area (Å²) in [5, 5.41) is 8.30. The molecule has 1 saturated heterocycles. The molecular weight excluding hydrogens is 475 g/mol. The quantitative estimate of drug-likeness (QED) is 0.389. The van der Waals surface area contributed by atoms with Crippen molar-refractivity contribution in [3.63, 3.8) is 0 Å². The molecule has 1 atom stereocenters. The van der Waals surface area contributed by atoms with Crippen molar-refractivity contribution in [3.05, 3.63) is 78.7 Å². The van der Waals surface area contributed by atoms with Crippen molar-refractivity contribution in [1.29, 1.82) is 0 Å². The minimum atomic E-state index is -0.501. The molecule has 1 aliphatic heterocycles. The lowest BCUT2D eigenvalue weighted by molar-refractivity contribution is -0.127. The van der Waals surface area contributed by atoms with Gasteiger partial charge < -0.3 is 16.0 Å². The molecule has 1 unspecified atom stereocenters. The molecule has 0 aliphatic carbocycles. The van der Waals surface area contributed by atoms with Crippen LogP contribution in [0, 0.1) is 5.82 Å². The van der Waals surface area contributed by atoms with Crippen LogP contribution >= 0.6 is 0 Å². The number of rotatable bonds is 6. The zero-order chi connectivity index (χ0) is 25.9. The Balaban J connectivity index is 1.39. The van der Waals surface area contributed by atoms with E-state index in [1.54, 1.807) is 4.90 Å². The Kier molecular flexibility index (Phi) is 6.59. The molecule has 0 radical (unpaired) electrons. The van der Waals surface area contributed by atoms with Gasteiger partial charge in [-0.2, -0.15) is 5.10 Å². The molecule has 3 aromatic heterocycles. The predicted octanol–water partition coefficient (Wildman–Crippen LogP) is 2.89. The van der Waals surface area contributed by atoms with Crippen LogP contribution in [-0.4, -0.2) is 54.5 Å². The summed E-state index contributed by atoms with van der Waals surface area (Å²) in [5.41, 5.74) is 9.32. The second-order valence-corrected chi connectivity index (χ2v) is 8.78. The number of likely N-dealkylation sites (tertiary alicyclic amines) is 1. The van der Waals surface area contributed by atoms with E-state index in [1.165, 1.54) is 24.5 Å². The van der Waals surface area contributed by atoms with E-state index in [9.17, 15) is 14.0 Å². The number of pyridine rings is 1. The highest BCUT2D eigenvalue weighted by molar-refractivity contribution is 5.98. The fraction of sp³-hybridized carbons (Fsp3) is 0.231. The number of fused-ring (bicyclic) bond motifs is 1. The van der Waals surface area contributed by atoms with Crippen molar-refractivity contribution in [2.45, 2.75) is 25.4 Å². The molecule has 2 amide bonds. The van der Waals surface area contributed by atoms with Gasteiger partial charge in [0.25, 0.3) is 5.91 Å². The van der Waals surface area contributed by atoms with E-state index in [0.29, 0.717) is 35.6 Å². The van der Waals surface area contributed by atoms with Gasteiger partial charge in [-0.05, 0) is 36.6 Å². The number of piperidine rings is 1. The number of nitrogens with one attached hydrogen (secondary N) is 1. The summed E-state index contributed by atoms with van der Waals surface area (Å²) in [6.45, 7) is 5.06. The zero-order valence-electron chi connectivity index (χ0n) is 20.0. The van der Waals surface area contributed by atoms with Gasteiger partial charge in [-0.15, -0.1) is 0 Å². The van der Waals surface area contributed by atoms with Crippen LogP contribution in [0.1, 0.15) is 34.9 Å². The molecule has 37 heavy (non-hydrogen) atoms. The summed E-state index contributed by atoms with van der Waals surface area (Å²) in [6.07, 6.45) is 5.44. The van der Waals surface area contributed by atoms with Gasteiger partial charge in [-0.25, -0.2) is 24.0 Å². The van der Waals surface area contributed by atoms with E-state index in [1.807, 2.05) is 28.9 Å². The molecule has 3 N–H and O–H groups in total. The van der Waals surface area contributed by atoms with Crippen molar-refractivity contribution in [1.82, 2.24) is 34.9 Å². The number of amides is 2. The topological polar surface area (TPSA) is 132 Å². The predicted molar refractivity (Wildman–Crippen MR) is 136 cm³/mol. The van der Waals surface area contributed by atoms with Crippen molar-refractivity contribution < 1.29 is 14.0 Å². The Hall–Kier alpha value is -4.67. The minimum Gasteiger partial charge on any atom is -0.383 e. The lowest BCUT2D eigenvalue weighted by Gasteiger charge is -2.32. The lowest BCUT2D eigenvalue weighted by Crippen LogP contribution is -2.40. The van der Waals surface area contributed by atoms with Gasteiger partial charge in [0.2, 0.25) is 5.91 Å². The van der Waals surface area contributed by atoms with Crippen LogP contribution < -0.4 is 11.1 Å². The van der Waals surface area contributed by atoms with Crippen LogP contribution in [0.4, 0.5) is 10.2 Å². The fourth-order valence-electron chi connectivity index (χ4n) is 4.50. The number of nitrogens with zero attached hydrogens (tertiary/aromatic N) is 6. The fourth-order valence-corrected chi connectivity index (χ4v) is 4.50. The van der Waals surface area contributed by atoms with Crippen LogP contribution in [0.5, 0.6) is 0 Å². The number of nitrogens with two attached hydrogens (primary N) is 1. The third kappa shape index (κ3) is 4.88. The molecule has 4 aromatic rings. The Morgan fingerprint density at radius 1 is 1.16 bits per heavy atom. The summed E-state index contributed by atoms with van der Waals surface area (Å²) >= 11 is 0. The molecule has 1 fully saturated rings. The van der Waals surface area contributed by atoms with Crippen molar-refractivity contribution >= 4 is 28.7 Å². The molecule has 0 saturated carbocycles.